The van der Waals surface area contributed by atoms with Gasteiger partial charge in [-0.3, -0.25) is 10.2 Å². The molecule has 2 atom stereocenters. The van der Waals surface area contributed by atoms with Crippen molar-refractivity contribution in [3.63, 3.8) is 0 Å². The quantitative estimate of drug-likeness (QED) is 0.539. The lowest BCUT2D eigenvalue weighted by Crippen LogP contribution is -2.39. The average molecular weight is 380 g/mol. The van der Waals surface area contributed by atoms with E-state index in [1.54, 1.807) is 6.33 Å². The Labute approximate surface area is 163 Å². The number of nitrogens with one attached hydrogen (secondary N) is 3. The third kappa shape index (κ3) is 3.69. The van der Waals surface area contributed by atoms with Crippen molar-refractivity contribution < 1.29 is 9.53 Å². The molecule has 8 nitrogen and oxygen atoms in total. The van der Waals surface area contributed by atoms with Crippen molar-refractivity contribution in [1.29, 1.82) is 0 Å². The highest BCUT2D eigenvalue weighted by molar-refractivity contribution is 5.78. The number of aryl methyl sites for hydroxylation is 2. The first-order valence-corrected chi connectivity index (χ1v) is 9.50. The molecule has 1 aliphatic rings. The van der Waals surface area contributed by atoms with Crippen molar-refractivity contribution in [1.82, 2.24) is 30.4 Å². The predicted molar refractivity (Wildman–Crippen MR) is 104 cm³/mol. The number of hydrogen-bond donors (Lipinski definition) is 3. The molecule has 3 N–H and O–H groups in total. The standard InChI is InChI=1S/C20H24N6O2/c1-2-28-20(27)18-16(11-24-25-18)19-17(14-6-4-3-5-7-14)23-13-26(19)9-8-15-10-21-12-22-15/h3-7,10,12-13,16,18,24-25H,2,8-9,11H2,1H3,(H,21,22). The third-order valence-corrected chi connectivity index (χ3v) is 4.98. The van der Waals surface area contributed by atoms with Crippen LogP contribution in [-0.4, -0.2) is 44.7 Å². The van der Waals surface area contributed by atoms with Gasteiger partial charge in [-0.1, -0.05) is 30.3 Å². The van der Waals surface area contributed by atoms with Gasteiger partial charge in [-0.05, 0) is 6.92 Å². The lowest BCUT2D eigenvalue weighted by Gasteiger charge is -2.20. The minimum atomic E-state index is -0.454. The highest BCUT2D eigenvalue weighted by atomic mass is 16.5. The number of carbonyl (C=O) groups excluding carboxylic acids is 1. The van der Waals surface area contributed by atoms with Crippen molar-refractivity contribution in [2.75, 3.05) is 13.2 Å². The summed E-state index contributed by atoms with van der Waals surface area (Å²) in [6.45, 7) is 3.54. The Morgan fingerprint density at radius 3 is 2.93 bits per heavy atom. The van der Waals surface area contributed by atoms with Crippen LogP contribution in [0.25, 0.3) is 11.3 Å². The second-order valence-corrected chi connectivity index (χ2v) is 6.73. The molecule has 1 saturated heterocycles. The minimum absolute atomic E-state index is 0.0847. The summed E-state index contributed by atoms with van der Waals surface area (Å²) in [7, 11) is 0. The number of aromatic amines is 1. The van der Waals surface area contributed by atoms with Crippen LogP contribution in [0.2, 0.25) is 0 Å². The Balaban J connectivity index is 1.69. The molecule has 3 aromatic rings. The van der Waals surface area contributed by atoms with Gasteiger partial charge in [0.05, 0.1) is 30.6 Å². The number of benzene rings is 1. The Hall–Kier alpha value is -2.97. The Morgan fingerprint density at radius 2 is 2.18 bits per heavy atom. The normalized spacial score (nSPS) is 19.0. The molecule has 0 spiro atoms. The fourth-order valence-electron chi connectivity index (χ4n) is 3.65. The van der Waals surface area contributed by atoms with Gasteiger partial charge in [0.1, 0.15) is 6.04 Å². The zero-order valence-corrected chi connectivity index (χ0v) is 15.8. The fourth-order valence-corrected chi connectivity index (χ4v) is 3.65. The summed E-state index contributed by atoms with van der Waals surface area (Å²) in [5.74, 6) is -0.337. The average Bonchev–Trinajstić information content (AvgIpc) is 3.46. The first kappa shape index (κ1) is 18.4. The van der Waals surface area contributed by atoms with Crippen LogP contribution in [-0.2, 0) is 22.5 Å². The molecule has 3 heterocycles. The highest BCUT2D eigenvalue weighted by Crippen LogP contribution is 2.32. The van der Waals surface area contributed by atoms with E-state index < -0.39 is 6.04 Å². The zero-order chi connectivity index (χ0) is 19.3. The van der Waals surface area contributed by atoms with Gasteiger partial charge in [-0.25, -0.2) is 15.4 Å². The number of aromatic nitrogens is 4. The van der Waals surface area contributed by atoms with E-state index in [2.05, 4.69) is 25.4 Å². The molecular weight excluding hydrogens is 356 g/mol. The van der Waals surface area contributed by atoms with Crippen LogP contribution in [0.3, 0.4) is 0 Å². The van der Waals surface area contributed by atoms with Gasteiger partial charge >= 0.3 is 5.97 Å². The summed E-state index contributed by atoms with van der Waals surface area (Å²) < 4.78 is 7.41. The minimum Gasteiger partial charge on any atom is -0.465 e. The van der Waals surface area contributed by atoms with E-state index in [0.29, 0.717) is 13.2 Å². The second-order valence-electron chi connectivity index (χ2n) is 6.73. The largest absolute Gasteiger partial charge is 0.465 e. The van der Waals surface area contributed by atoms with E-state index in [0.717, 1.165) is 35.6 Å². The van der Waals surface area contributed by atoms with Crippen molar-refractivity contribution in [2.24, 2.45) is 0 Å². The van der Waals surface area contributed by atoms with Crippen LogP contribution in [0, 0.1) is 0 Å². The molecule has 28 heavy (non-hydrogen) atoms. The molecule has 1 fully saturated rings. The molecular formula is C20H24N6O2. The lowest BCUT2D eigenvalue weighted by atomic mass is 9.94. The molecule has 0 saturated carbocycles. The molecule has 1 aromatic carbocycles. The fraction of sp³-hybridized carbons (Fsp3) is 0.350. The van der Waals surface area contributed by atoms with Crippen LogP contribution in [0.1, 0.15) is 24.2 Å². The summed E-state index contributed by atoms with van der Waals surface area (Å²) >= 11 is 0. The molecule has 4 rings (SSSR count). The third-order valence-electron chi connectivity index (χ3n) is 4.98. The van der Waals surface area contributed by atoms with Gasteiger partial charge < -0.3 is 14.3 Å². The van der Waals surface area contributed by atoms with Crippen LogP contribution in [0.5, 0.6) is 0 Å². The smallest absolute Gasteiger partial charge is 0.325 e. The van der Waals surface area contributed by atoms with Crippen LogP contribution >= 0.6 is 0 Å². The van der Waals surface area contributed by atoms with Crippen LogP contribution < -0.4 is 10.9 Å². The number of H-pyrrole nitrogens is 1. The Kier molecular flexibility index (Phi) is 5.50. The van der Waals surface area contributed by atoms with Crippen molar-refractivity contribution in [3.8, 4) is 11.3 Å². The number of rotatable bonds is 7. The number of esters is 1. The summed E-state index contributed by atoms with van der Waals surface area (Å²) in [5.41, 5.74) is 10.2. The van der Waals surface area contributed by atoms with Gasteiger partial charge in [0.25, 0.3) is 0 Å². The van der Waals surface area contributed by atoms with E-state index >= 15 is 0 Å². The van der Waals surface area contributed by atoms with Gasteiger partial charge in [0.2, 0.25) is 0 Å². The first-order valence-electron chi connectivity index (χ1n) is 9.50. The molecule has 1 aliphatic heterocycles. The second kappa shape index (κ2) is 8.37. The summed E-state index contributed by atoms with van der Waals surface area (Å²) in [6.07, 6.45) is 6.17. The number of carbonyl (C=O) groups is 1. The van der Waals surface area contributed by atoms with Crippen molar-refractivity contribution >= 4 is 5.97 Å². The molecule has 0 aliphatic carbocycles. The van der Waals surface area contributed by atoms with E-state index in [-0.39, 0.29) is 11.9 Å². The number of imidazole rings is 2. The molecule has 8 heteroatoms. The summed E-state index contributed by atoms with van der Waals surface area (Å²) in [6, 6.07) is 9.61. The number of hydrogen-bond acceptors (Lipinski definition) is 6. The van der Waals surface area contributed by atoms with E-state index in [9.17, 15) is 4.79 Å². The zero-order valence-electron chi connectivity index (χ0n) is 15.8. The van der Waals surface area contributed by atoms with Crippen molar-refractivity contribution in [2.45, 2.75) is 31.8 Å². The molecule has 146 valence electrons. The molecule has 0 bridgehead atoms. The number of hydrazine groups is 1. The maximum Gasteiger partial charge on any atom is 0.325 e. The van der Waals surface area contributed by atoms with E-state index in [4.69, 9.17) is 9.72 Å². The Bertz CT molecular complexity index is 906. The summed E-state index contributed by atoms with van der Waals surface area (Å²) in [5, 5.41) is 0. The van der Waals surface area contributed by atoms with E-state index in [1.807, 2.05) is 49.8 Å². The van der Waals surface area contributed by atoms with Crippen molar-refractivity contribution in [3.05, 3.63) is 60.6 Å². The SMILES string of the molecule is CCOC(=O)C1NNCC1c1c(-c2ccccc2)ncn1CCc1cnc[nH]1. The molecule has 0 radical (unpaired) electrons. The number of nitrogens with zero attached hydrogens (tertiary/aromatic N) is 3. The lowest BCUT2D eigenvalue weighted by molar-refractivity contribution is -0.145. The van der Waals surface area contributed by atoms with Gasteiger partial charge in [-0.15, -0.1) is 0 Å². The van der Waals surface area contributed by atoms with Gasteiger partial charge in [0, 0.05) is 42.9 Å². The monoisotopic (exact) mass is 380 g/mol. The molecule has 2 aromatic heterocycles. The maximum absolute atomic E-state index is 12.5. The van der Waals surface area contributed by atoms with Gasteiger partial charge in [-0.2, -0.15) is 0 Å². The van der Waals surface area contributed by atoms with Gasteiger partial charge in [0.15, 0.2) is 0 Å². The van der Waals surface area contributed by atoms with E-state index in [1.165, 1.54) is 0 Å². The predicted octanol–water partition coefficient (Wildman–Crippen LogP) is 1.64. The first-order chi connectivity index (χ1) is 13.8. The molecule has 0 amide bonds. The topological polar surface area (TPSA) is 96.9 Å². The Morgan fingerprint density at radius 1 is 1.32 bits per heavy atom. The highest BCUT2D eigenvalue weighted by Gasteiger charge is 2.38. The van der Waals surface area contributed by atoms with Crippen LogP contribution in [0.4, 0.5) is 0 Å². The number of ether oxygens (including phenoxy) is 1. The summed E-state index contributed by atoms with van der Waals surface area (Å²) in [4.78, 5) is 24.4. The maximum atomic E-state index is 12.5. The van der Waals surface area contributed by atoms with Crippen LogP contribution in [0.15, 0.2) is 49.2 Å². The molecule has 2 unspecified atom stereocenters.